The fraction of sp³-hybridized carbons (Fsp3) is 0.0833. The molecule has 0 bridgehead atoms. The largest absolute Gasteiger partial charge is 0.287 e. The average molecular weight is 201 g/mol. The van der Waals surface area contributed by atoms with Gasteiger partial charge in [-0.05, 0) is 17.0 Å². The number of hydrogen-bond donors (Lipinski definition) is 0. The van der Waals surface area contributed by atoms with Crippen molar-refractivity contribution in [2.75, 3.05) is 0 Å². The number of benzene rings is 1. The zero-order valence-corrected chi connectivity index (χ0v) is 8.58. The van der Waals surface area contributed by atoms with E-state index in [0.717, 1.165) is 6.54 Å². The van der Waals surface area contributed by atoms with Crippen molar-refractivity contribution in [2.45, 2.75) is 6.54 Å². The van der Waals surface area contributed by atoms with Gasteiger partial charge in [0.15, 0.2) is 0 Å². The van der Waals surface area contributed by atoms with Crippen LogP contribution in [-0.4, -0.2) is 6.21 Å². The molecular weight excluding hydrogens is 190 g/mol. The number of nitrogens with zero attached hydrogens (tertiary/aromatic N) is 1. The van der Waals surface area contributed by atoms with Crippen molar-refractivity contribution in [3.63, 3.8) is 0 Å². The minimum atomic E-state index is 0.763. The first-order valence-corrected chi connectivity index (χ1v) is 5.40. The van der Waals surface area contributed by atoms with Gasteiger partial charge in [-0.2, -0.15) is 0 Å². The van der Waals surface area contributed by atoms with Crippen LogP contribution in [0.2, 0.25) is 0 Å². The third kappa shape index (κ3) is 2.54. The number of aliphatic imine (C=N–C) groups is 1. The van der Waals surface area contributed by atoms with Gasteiger partial charge in [0.2, 0.25) is 0 Å². The topological polar surface area (TPSA) is 12.4 Å². The monoisotopic (exact) mass is 201 g/mol. The van der Waals surface area contributed by atoms with Crippen LogP contribution in [0.25, 0.3) is 0 Å². The first-order chi connectivity index (χ1) is 6.95. The van der Waals surface area contributed by atoms with Crippen LogP contribution in [0, 0.1) is 0 Å². The molecule has 0 unspecified atom stereocenters. The van der Waals surface area contributed by atoms with Crippen LogP contribution in [0.15, 0.2) is 52.8 Å². The van der Waals surface area contributed by atoms with Gasteiger partial charge in [-0.15, -0.1) is 11.3 Å². The van der Waals surface area contributed by atoms with E-state index in [9.17, 15) is 0 Å². The Morgan fingerprint density at radius 3 is 2.64 bits per heavy atom. The third-order valence-electron chi connectivity index (χ3n) is 1.88. The van der Waals surface area contributed by atoms with Crippen molar-refractivity contribution in [1.29, 1.82) is 0 Å². The van der Waals surface area contributed by atoms with Crippen LogP contribution in [-0.2, 0) is 6.54 Å². The predicted molar refractivity (Wildman–Crippen MR) is 62.1 cm³/mol. The number of thiophene rings is 1. The Kier molecular flexibility index (Phi) is 3.09. The van der Waals surface area contributed by atoms with Gasteiger partial charge in [-0.3, -0.25) is 4.99 Å². The maximum Gasteiger partial charge on any atom is 0.0640 e. The smallest absolute Gasteiger partial charge is 0.0640 e. The second-order valence-corrected chi connectivity index (χ2v) is 3.95. The van der Waals surface area contributed by atoms with E-state index in [1.807, 2.05) is 30.5 Å². The van der Waals surface area contributed by atoms with Crippen LogP contribution in [0.5, 0.6) is 0 Å². The van der Waals surface area contributed by atoms with Crippen molar-refractivity contribution in [2.24, 2.45) is 4.99 Å². The zero-order valence-electron chi connectivity index (χ0n) is 7.76. The lowest BCUT2D eigenvalue weighted by atomic mass is 10.2. The van der Waals surface area contributed by atoms with Crippen LogP contribution in [0.4, 0.5) is 0 Å². The molecule has 0 aliphatic carbocycles. The van der Waals surface area contributed by atoms with Crippen LogP contribution >= 0.6 is 11.3 Å². The van der Waals surface area contributed by atoms with Gasteiger partial charge in [0.1, 0.15) is 0 Å². The Morgan fingerprint density at radius 1 is 1.07 bits per heavy atom. The molecule has 14 heavy (non-hydrogen) atoms. The van der Waals surface area contributed by atoms with Crippen LogP contribution in [0.3, 0.4) is 0 Å². The molecule has 1 aromatic heterocycles. The first-order valence-electron chi connectivity index (χ1n) is 4.52. The highest BCUT2D eigenvalue weighted by atomic mass is 32.1. The van der Waals surface area contributed by atoms with Gasteiger partial charge in [0.25, 0.3) is 0 Å². The quantitative estimate of drug-likeness (QED) is 0.675. The lowest BCUT2D eigenvalue weighted by molar-refractivity contribution is 1.08. The van der Waals surface area contributed by atoms with Gasteiger partial charge < -0.3 is 0 Å². The minimum Gasteiger partial charge on any atom is -0.287 e. The Morgan fingerprint density at radius 2 is 1.93 bits per heavy atom. The summed E-state index contributed by atoms with van der Waals surface area (Å²) in [6.45, 7) is 0.763. The summed E-state index contributed by atoms with van der Waals surface area (Å²) in [5, 5.41) is 2.06. The van der Waals surface area contributed by atoms with Crippen molar-refractivity contribution in [1.82, 2.24) is 0 Å². The highest BCUT2D eigenvalue weighted by Gasteiger charge is 1.88. The van der Waals surface area contributed by atoms with Gasteiger partial charge in [-0.1, -0.05) is 36.4 Å². The van der Waals surface area contributed by atoms with E-state index in [-0.39, 0.29) is 0 Å². The van der Waals surface area contributed by atoms with Crippen LogP contribution < -0.4 is 0 Å². The summed E-state index contributed by atoms with van der Waals surface area (Å²) in [6.07, 6.45) is 1.93. The molecule has 70 valence electrons. The van der Waals surface area contributed by atoms with E-state index >= 15 is 0 Å². The molecule has 0 fully saturated rings. The third-order valence-corrected chi connectivity index (χ3v) is 2.69. The summed E-state index contributed by atoms with van der Waals surface area (Å²) < 4.78 is 0. The number of rotatable bonds is 3. The van der Waals surface area contributed by atoms with Crippen molar-refractivity contribution in [3.05, 3.63) is 58.3 Å². The molecule has 2 heteroatoms. The molecule has 1 heterocycles. The summed E-state index contributed by atoms with van der Waals surface area (Å²) >= 11 is 1.71. The Balaban J connectivity index is 1.95. The number of hydrogen-bond acceptors (Lipinski definition) is 2. The van der Waals surface area contributed by atoms with E-state index < -0.39 is 0 Å². The molecule has 0 aliphatic rings. The molecular formula is C12H11NS. The summed E-state index contributed by atoms with van der Waals surface area (Å²) in [5.74, 6) is 0. The fourth-order valence-electron chi connectivity index (χ4n) is 1.19. The second-order valence-electron chi connectivity index (χ2n) is 2.97. The Labute approximate surface area is 87.8 Å². The second kappa shape index (κ2) is 4.72. The Bertz CT molecular complexity index is 390. The van der Waals surface area contributed by atoms with E-state index in [4.69, 9.17) is 0 Å². The van der Waals surface area contributed by atoms with Gasteiger partial charge in [0.05, 0.1) is 6.54 Å². The maximum absolute atomic E-state index is 4.37. The van der Waals surface area contributed by atoms with E-state index in [0.29, 0.717) is 0 Å². The van der Waals surface area contributed by atoms with Crippen molar-refractivity contribution in [3.8, 4) is 0 Å². The molecule has 0 amide bonds. The summed E-state index contributed by atoms with van der Waals surface area (Å²) in [4.78, 5) is 5.58. The maximum atomic E-state index is 4.37. The van der Waals surface area contributed by atoms with Gasteiger partial charge >= 0.3 is 0 Å². The molecule has 2 rings (SSSR count). The highest BCUT2D eigenvalue weighted by Crippen LogP contribution is 2.06. The molecule has 1 aromatic carbocycles. The standard InChI is InChI=1S/C12H11NS/c1-2-5-11(6-3-1)9-13-10-12-7-4-8-14-12/h1-8,10H,9H2. The molecule has 0 radical (unpaired) electrons. The fourth-order valence-corrected chi connectivity index (χ4v) is 1.80. The van der Waals surface area contributed by atoms with Gasteiger partial charge in [0, 0.05) is 11.1 Å². The summed E-state index contributed by atoms with van der Waals surface area (Å²) in [7, 11) is 0. The molecule has 0 saturated heterocycles. The molecule has 0 atom stereocenters. The van der Waals surface area contributed by atoms with Crippen LogP contribution in [0.1, 0.15) is 10.4 Å². The normalized spacial score (nSPS) is 10.9. The van der Waals surface area contributed by atoms with E-state index in [1.165, 1.54) is 10.4 Å². The average Bonchev–Trinajstić information content (AvgIpc) is 2.72. The SMILES string of the molecule is C(=NCc1ccccc1)c1cccs1. The minimum absolute atomic E-state index is 0.763. The first kappa shape index (κ1) is 9.16. The van der Waals surface area contributed by atoms with E-state index in [1.54, 1.807) is 11.3 Å². The molecule has 0 saturated carbocycles. The Hall–Kier alpha value is -1.41. The zero-order chi connectivity index (χ0) is 9.64. The van der Waals surface area contributed by atoms with Gasteiger partial charge in [-0.25, -0.2) is 0 Å². The molecule has 1 nitrogen and oxygen atoms in total. The predicted octanol–water partition coefficient (Wildman–Crippen LogP) is 3.37. The molecule has 0 N–H and O–H groups in total. The highest BCUT2D eigenvalue weighted by molar-refractivity contribution is 7.11. The van der Waals surface area contributed by atoms with Crippen molar-refractivity contribution < 1.29 is 0 Å². The lowest BCUT2D eigenvalue weighted by Gasteiger charge is -1.93. The molecule has 2 aromatic rings. The molecule has 0 aliphatic heterocycles. The molecule has 0 spiro atoms. The van der Waals surface area contributed by atoms with E-state index in [2.05, 4.69) is 28.6 Å². The summed E-state index contributed by atoms with van der Waals surface area (Å²) in [5.41, 5.74) is 1.25. The van der Waals surface area contributed by atoms with Crippen molar-refractivity contribution >= 4 is 17.6 Å². The summed E-state index contributed by atoms with van der Waals surface area (Å²) in [6, 6.07) is 14.4. The lowest BCUT2D eigenvalue weighted by Crippen LogP contribution is -1.80.